The van der Waals surface area contributed by atoms with Crippen molar-refractivity contribution < 1.29 is 24.3 Å². The molecule has 0 aliphatic rings. The Morgan fingerprint density at radius 1 is 0.636 bits per heavy atom. The number of nitrogens with two attached hydrogens (primary N) is 2. The normalized spacial score (nSPS) is 13.1. The average Bonchev–Trinajstić information content (AvgIpc) is 3.01. The molecule has 0 aliphatic carbocycles. The van der Waals surface area contributed by atoms with Gasteiger partial charge >= 0.3 is 5.97 Å². The van der Waals surface area contributed by atoms with Crippen LogP contribution >= 0.6 is 0 Å². The molecule has 0 saturated heterocycles. The van der Waals surface area contributed by atoms with Crippen LogP contribution in [0.5, 0.6) is 0 Å². The van der Waals surface area contributed by atoms with E-state index in [4.69, 9.17) is 11.5 Å². The summed E-state index contributed by atoms with van der Waals surface area (Å²) in [6.07, 6.45) is 17.9. The molecule has 0 aliphatic heterocycles. The molecule has 3 amide bonds. The van der Waals surface area contributed by atoms with Crippen molar-refractivity contribution in [3.8, 4) is 0 Å². The topological polar surface area (TPSA) is 177 Å². The molecular weight excluding hydrogens is 558 g/mol. The fourth-order valence-electron chi connectivity index (χ4n) is 5.22. The first kappa shape index (κ1) is 39.0. The minimum absolute atomic E-state index is 0.177. The highest BCUT2D eigenvalue weighted by Crippen LogP contribution is 2.15. The number of unbranched alkanes of at least 4 members (excludes halogenated alkanes) is 13. The highest BCUT2D eigenvalue weighted by atomic mass is 16.4. The van der Waals surface area contributed by atoms with E-state index in [1.165, 1.54) is 64.2 Å². The van der Waals surface area contributed by atoms with E-state index in [9.17, 15) is 24.3 Å². The van der Waals surface area contributed by atoms with E-state index >= 15 is 0 Å². The maximum atomic E-state index is 13.2. The summed E-state index contributed by atoms with van der Waals surface area (Å²) in [5.41, 5.74) is 11.8. The molecule has 250 valence electrons. The number of aliphatic carboxylic acids is 1. The van der Waals surface area contributed by atoms with Crippen LogP contribution < -0.4 is 27.4 Å². The van der Waals surface area contributed by atoms with Crippen molar-refractivity contribution in [2.24, 2.45) is 11.5 Å². The van der Waals surface area contributed by atoms with Gasteiger partial charge in [-0.25, -0.2) is 4.79 Å². The second-order valence-corrected chi connectivity index (χ2v) is 11.7. The highest BCUT2D eigenvalue weighted by Gasteiger charge is 2.29. The Bertz CT molecular complexity index is 930. The number of nitrogens with one attached hydrogen (secondary N) is 3. The van der Waals surface area contributed by atoms with Crippen molar-refractivity contribution in [1.29, 1.82) is 0 Å². The molecule has 0 fully saturated rings. The van der Waals surface area contributed by atoms with Crippen molar-refractivity contribution in [3.63, 3.8) is 0 Å². The molecule has 0 bridgehead atoms. The summed E-state index contributed by atoms with van der Waals surface area (Å²) in [5.74, 6) is -2.57. The van der Waals surface area contributed by atoms with Gasteiger partial charge in [0.05, 0.1) is 0 Å². The van der Waals surface area contributed by atoms with E-state index in [1.54, 1.807) is 30.3 Å². The van der Waals surface area contributed by atoms with Crippen molar-refractivity contribution in [1.82, 2.24) is 16.0 Å². The van der Waals surface area contributed by atoms with Gasteiger partial charge in [-0.1, -0.05) is 114 Å². The van der Waals surface area contributed by atoms with Gasteiger partial charge in [-0.2, -0.15) is 0 Å². The zero-order chi connectivity index (χ0) is 32.4. The molecule has 1 aromatic rings. The number of amides is 3. The summed E-state index contributed by atoms with van der Waals surface area (Å²) >= 11 is 0. The Hall–Kier alpha value is -2.98. The summed E-state index contributed by atoms with van der Waals surface area (Å²) < 4.78 is 0. The predicted molar refractivity (Wildman–Crippen MR) is 176 cm³/mol. The van der Waals surface area contributed by atoms with Gasteiger partial charge < -0.3 is 32.5 Å². The standard InChI is InChI=1S/C34H59N5O5/c1-2-3-4-5-6-7-8-9-10-11-12-13-17-23-30(40)37-29(24-26-36)32(41)38-28(22-18-19-25-35)33(42)39-31(34(43)44)27-20-15-14-16-21-27/h14-16,20-21,28-29,31H,2-13,17-19,22-26,35-36H2,1H3,(H,37,40)(H,38,41)(H,39,42)(H,43,44)/t28-,29-,31-/m0/s1. The molecule has 1 rings (SSSR count). The number of carbonyl (C=O) groups is 4. The molecule has 10 nitrogen and oxygen atoms in total. The van der Waals surface area contributed by atoms with Crippen LogP contribution in [0.4, 0.5) is 0 Å². The van der Waals surface area contributed by atoms with E-state index in [-0.39, 0.29) is 25.3 Å². The summed E-state index contributed by atoms with van der Waals surface area (Å²) in [6.45, 7) is 2.84. The number of carbonyl (C=O) groups excluding carboxylic acids is 3. The van der Waals surface area contributed by atoms with Crippen molar-refractivity contribution in [2.75, 3.05) is 13.1 Å². The minimum Gasteiger partial charge on any atom is -0.479 e. The summed E-state index contributed by atoms with van der Waals surface area (Å²) in [5, 5.41) is 17.8. The zero-order valence-electron chi connectivity index (χ0n) is 27.0. The van der Waals surface area contributed by atoms with Gasteiger partial charge in [0.2, 0.25) is 17.7 Å². The number of benzene rings is 1. The highest BCUT2D eigenvalue weighted by molar-refractivity contribution is 5.93. The van der Waals surface area contributed by atoms with E-state index in [1.807, 2.05) is 0 Å². The third-order valence-electron chi connectivity index (χ3n) is 7.86. The average molecular weight is 618 g/mol. The second-order valence-electron chi connectivity index (χ2n) is 11.7. The van der Waals surface area contributed by atoms with E-state index < -0.39 is 35.9 Å². The van der Waals surface area contributed by atoms with Gasteiger partial charge in [0.15, 0.2) is 6.04 Å². The number of hydrogen-bond acceptors (Lipinski definition) is 6. The van der Waals surface area contributed by atoms with Gasteiger partial charge in [-0.05, 0) is 50.8 Å². The number of carboxylic acids is 1. The Morgan fingerprint density at radius 2 is 1.16 bits per heavy atom. The van der Waals surface area contributed by atoms with Crippen molar-refractivity contribution in [3.05, 3.63) is 35.9 Å². The lowest BCUT2D eigenvalue weighted by Crippen LogP contribution is -2.54. The molecule has 10 heteroatoms. The van der Waals surface area contributed by atoms with Gasteiger partial charge in [0.1, 0.15) is 12.1 Å². The van der Waals surface area contributed by atoms with Crippen molar-refractivity contribution in [2.45, 2.75) is 141 Å². The minimum atomic E-state index is -1.27. The van der Waals surface area contributed by atoms with Crippen LogP contribution in [0, 0.1) is 0 Å². The molecule has 1 aromatic carbocycles. The largest absolute Gasteiger partial charge is 0.479 e. The first-order chi connectivity index (χ1) is 21.3. The van der Waals surface area contributed by atoms with Gasteiger partial charge in [-0.15, -0.1) is 0 Å². The Balaban J connectivity index is 2.53. The smallest absolute Gasteiger partial charge is 0.330 e. The lowest BCUT2D eigenvalue weighted by molar-refractivity contribution is -0.142. The maximum absolute atomic E-state index is 13.2. The summed E-state index contributed by atoms with van der Waals surface area (Å²) in [6, 6.07) is 5.23. The predicted octanol–water partition coefficient (Wildman–Crippen LogP) is 4.86. The second kappa shape index (κ2) is 25.4. The molecular formula is C34H59N5O5. The number of hydrogen-bond donors (Lipinski definition) is 6. The Kier molecular flexibility index (Phi) is 22.5. The van der Waals surface area contributed by atoms with Crippen LogP contribution in [0.3, 0.4) is 0 Å². The number of rotatable bonds is 27. The van der Waals surface area contributed by atoms with Gasteiger partial charge in [-0.3, -0.25) is 14.4 Å². The van der Waals surface area contributed by atoms with Gasteiger partial charge in [0, 0.05) is 6.42 Å². The third kappa shape index (κ3) is 18.0. The number of carboxylic acid groups (broad SMARTS) is 1. The first-order valence-electron chi connectivity index (χ1n) is 16.9. The molecule has 8 N–H and O–H groups in total. The lowest BCUT2D eigenvalue weighted by atomic mass is 10.0. The molecule has 44 heavy (non-hydrogen) atoms. The van der Waals surface area contributed by atoms with Crippen LogP contribution in [-0.2, 0) is 19.2 Å². The monoisotopic (exact) mass is 617 g/mol. The molecule has 3 atom stereocenters. The van der Waals surface area contributed by atoms with E-state index in [0.29, 0.717) is 31.4 Å². The lowest BCUT2D eigenvalue weighted by Gasteiger charge is -2.24. The van der Waals surface area contributed by atoms with Gasteiger partial charge in [0.25, 0.3) is 0 Å². The Labute approximate surface area is 264 Å². The first-order valence-corrected chi connectivity index (χ1v) is 16.9. The van der Waals surface area contributed by atoms with Crippen LogP contribution in [-0.4, -0.2) is 54.0 Å². The summed E-state index contributed by atoms with van der Waals surface area (Å²) in [7, 11) is 0. The summed E-state index contributed by atoms with van der Waals surface area (Å²) in [4.78, 5) is 50.9. The quantitative estimate of drug-likeness (QED) is 0.0764. The molecule has 0 heterocycles. The fraction of sp³-hybridized carbons (Fsp3) is 0.706. The van der Waals surface area contributed by atoms with Crippen LogP contribution in [0.2, 0.25) is 0 Å². The van der Waals surface area contributed by atoms with Crippen molar-refractivity contribution >= 4 is 23.7 Å². The molecule has 0 spiro atoms. The molecule has 0 aromatic heterocycles. The fourth-order valence-corrected chi connectivity index (χ4v) is 5.22. The molecule has 0 radical (unpaired) electrons. The Morgan fingerprint density at radius 3 is 1.68 bits per heavy atom. The van der Waals surface area contributed by atoms with Crippen LogP contribution in [0.15, 0.2) is 30.3 Å². The third-order valence-corrected chi connectivity index (χ3v) is 7.86. The zero-order valence-corrected chi connectivity index (χ0v) is 27.0. The van der Waals surface area contributed by atoms with E-state index in [2.05, 4.69) is 22.9 Å². The van der Waals surface area contributed by atoms with Crippen LogP contribution in [0.25, 0.3) is 0 Å². The SMILES string of the molecule is CCCCCCCCCCCCCCCC(=O)N[C@@H](CCN)C(=O)N[C@@H](CCCCN)C(=O)N[C@H](C(=O)O)c1ccccc1. The van der Waals surface area contributed by atoms with Crippen LogP contribution in [0.1, 0.15) is 134 Å². The maximum Gasteiger partial charge on any atom is 0.330 e. The van der Waals surface area contributed by atoms with E-state index in [0.717, 1.165) is 19.3 Å². The molecule has 0 unspecified atom stereocenters. The molecule has 0 saturated carbocycles.